The Kier molecular flexibility index (Phi) is 10.4. The van der Waals surface area contributed by atoms with Crippen molar-refractivity contribution in [2.45, 2.75) is 26.3 Å². The summed E-state index contributed by atoms with van der Waals surface area (Å²) in [6.07, 6.45) is 0.267. The van der Waals surface area contributed by atoms with Crippen LogP contribution in [0.25, 0.3) is 11.1 Å². The number of carboxylic acids is 1. The molecule has 0 aliphatic heterocycles. The highest BCUT2D eigenvalue weighted by Crippen LogP contribution is 2.29. The number of rotatable bonds is 13. The third kappa shape index (κ3) is 7.81. The fourth-order valence-electron chi connectivity index (χ4n) is 4.72. The summed E-state index contributed by atoms with van der Waals surface area (Å²) >= 11 is 0. The molecule has 2 amide bonds. The van der Waals surface area contributed by atoms with Crippen molar-refractivity contribution in [2.24, 2.45) is 0 Å². The number of aliphatic carboxylic acids is 1. The molecule has 0 radical (unpaired) electrons. The smallest absolute Gasteiger partial charge is 0.305 e. The van der Waals surface area contributed by atoms with Crippen LogP contribution in [-0.4, -0.2) is 47.5 Å². The molecular weight excluding hydrogens is 535 g/mol. The van der Waals surface area contributed by atoms with Crippen molar-refractivity contribution in [3.05, 3.63) is 125 Å². The summed E-state index contributed by atoms with van der Waals surface area (Å²) < 4.78 is 19.3. The molecule has 4 aromatic carbocycles. The number of ether oxygens (including phenoxy) is 1. The molecule has 0 unspecified atom stereocenters. The molecule has 0 fully saturated rings. The van der Waals surface area contributed by atoms with Crippen molar-refractivity contribution in [3.8, 4) is 16.9 Å². The SMILES string of the molecule is CCOc1ccccc1CCN(CCC(=O)O)C(=O)c1ccccc1-c1ccccc1C(=O)NCc1cccc(F)c1. The number of benzene rings is 4. The van der Waals surface area contributed by atoms with E-state index in [4.69, 9.17) is 4.74 Å². The maximum atomic E-state index is 14.0. The van der Waals surface area contributed by atoms with E-state index in [1.165, 1.54) is 17.0 Å². The van der Waals surface area contributed by atoms with Crippen LogP contribution in [-0.2, 0) is 17.8 Å². The van der Waals surface area contributed by atoms with E-state index in [1.54, 1.807) is 60.7 Å². The summed E-state index contributed by atoms with van der Waals surface area (Å²) in [4.78, 5) is 40.2. The zero-order valence-electron chi connectivity index (χ0n) is 23.4. The van der Waals surface area contributed by atoms with E-state index >= 15 is 0 Å². The van der Waals surface area contributed by atoms with Gasteiger partial charge in [0.15, 0.2) is 0 Å². The Balaban J connectivity index is 1.61. The van der Waals surface area contributed by atoms with E-state index in [0.717, 1.165) is 11.3 Å². The zero-order chi connectivity index (χ0) is 29.9. The maximum absolute atomic E-state index is 14.0. The lowest BCUT2D eigenvalue weighted by atomic mass is 9.94. The molecule has 0 bridgehead atoms. The lowest BCUT2D eigenvalue weighted by molar-refractivity contribution is -0.137. The normalized spacial score (nSPS) is 10.6. The van der Waals surface area contributed by atoms with Crippen LogP contribution >= 0.6 is 0 Å². The number of hydrogen-bond donors (Lipinski definition) is 2. The first kappa shape index (κ1) is 30.0. The number of halogens is 1. The largest absolute Gasteiger partial charge is 0.494 e. The summed E-state index contributed by atoms with van der Waals surface area (Å²) in [7, 11) is 0. The van der Waals surface area contributed by atoms with E-state index in [1.807, 2.05) is 31.2 Å². The highest BCUT2D eigenvalue weighted by Gasteiger charge is 2.23. The van der Waals surface area contributed by atoms with Crippen LogP contribution in [0.15, 0.2) is 97.1 Å². The molecule has 8 heteroatoms. The number of nitrogens with one attached hydrogen (secondary N) is 1. The molecule has 0 heterocycles. The predicted molar refractivity (Wildman–Crippen MR) is 159 cm³/mol. The van der Waals surface area contributed by atoms with Crippen LogP contribution in [0.3, 0.4) is 0 Å². The van der Waals surface area contributed by atoms with Crippen LogP contribution in [0.1, 0.15) is 45.2 Å². The Hall–Kier alpha value is -4.98. The summed E-state index contributed by atoms with van der Waals surface area (Å²) in [5.41, 5.74) is 3.35. The molecule has 0 aliphatic rings. The predicted octanol–water partition coefficient (Wildman–Crippen LogP) is 5.98. The standard InChI is InChI=1S/C34H33FN2O5/c1-2-42-31-17-8-3-11-25(31)18-20-37(21-19-32(38)39)34(41)30-16-7-5-14-28(30)27-13-4-6-15-29(27)33(40)36-23-24-10-9-12-26(35)22-24/h3-17,22H,2,18-21,23H2,1H3,(H,36,40)(H,38,39). The fourth-order valence-corrected chi connectivity index (χ4v) is 4.72. The van der Waals surface area contributed by atoms with E-state index in [0.29, 0.717) is 40.8 Å². The van der Waals surface area contributed by atoms with Gasteiger partial charge in [0, 0.05) is 30.8 Å². The van der Waals surface area contributed by atoms with E-state index in [-0.39, 0.29) is 43.7 Å². The maximum Gasteiger partial charge on any atom is 0.305 e. The average molecular weight is 569 g/mol. The minimum Gasteiger partial charge on any atom is -0.494 e. The minimum atomic E-state index is -1.00. The second-order valence-electron chi connectivity index (χ2n) is 9.63. The summed E-state index contributed by atoms with van der Waals surface area (Å²) in [5, 5.41) is 12.2. The quantitative estimate of drug-likeness (QED) is 0.207. The Bertz CT molecular complexity index is 1550. The first-order chi connectivity index (χ1) is 20.4. The first-order valence-corrected chi connectivity index (χ1v) is 13.8. The van der Waals surface area contributed by atoms with E-state index < -0.39 is 5.97 Å². The van der Waals surface area contributed by atoms with Crippen molar-refractivity contribution >= 4 is 17.8 Å². The Labute approximate surface area is 244 Å². The summed E-state index contributed by atoms with van der Waals surface area (Å²) in [6, 6.07) is 27.5. The van der Waals surface area contributed by atoms with Crippen LogP contribution in [0.4, 0.5) is 4.39 Å². The number of para-hydroxylation sites is 1. The molecule has 0 saturated carbocycles. The molecular formula is C34H33FN2O5. The minimum absolute atomic E-state index is 0.0229. The molecule has 216 valence electrons. The first-order valence-electron chi connectivity index (χ1n) is 13.8. The van der Waals surface area contributed by atoms with Crippen molar-refractivity contribution in [1.29, 1.82) is 0 Å². The van der Waals surface area contributed by atoms with Crippen molar-refractivity contribution in [1.82, 2.24) is 10.2 Å². The average Bonchev–Trinajstić information content (AvgIpc) is 3.00. The van der Waals surface area contributed by atoms with Gasteiger partial charge in [0.05, 0.1) is 13.0 Å². The highest BCUT2D eigenvalue weighted by molar-refractivity contribution is 6.06. The van der Waals surface area contributed by atoms with E-state index in [2.05, 4.69) is 5.32 Å². The highest BCUT2D eigenvalue weighted by atomic mass is 19.1. The van der Waals surface area contributed by atoms with Crippen molar-refractivity contribution < 1.29 is 28.6 Å². The number of carboxylic acid groups (broad SMARTS) is 1. The Morgan fingerprint density at radius 3 is 2.21 bits per heavy atom. The van der Waals surface area contributed by atoms with Gasteiger partial charge in [-0.25, -0.2) is 4.39 Å². The van der Waals surface area contributed by atoms with Crippen LogP contribution < -0.4 is 10.1 Å². The van der Waals surface area contributed by atoms with Gasteiger partial charge in [-0.1, -0.05) is 66.7 Å². The van der Waals surface area contributed by atoms with Gasteiger partial charge in [0.1, 0.15) is 11.6 Å². The number of nitrogens with zero attached hydrogens (tertiary/aromatic N) is 1. The third-order valence-electron chi connectivity index (χ3n) is 6.77. The topological polar surface area (TPSA) is 95.9 Å². The fraction of sp³-hybridized carbons (Fsp3) is 0.206. The Morgan fingerprint density at radius 2 is 1.50 bits per heavy atom. The number of hydrogen-bond acceptors (Lipinski definition) is 4. The van der Waals surface area contributed by atoms with Gasteiger partial charge < -0.3 is 20.1 Å². The van der Waals surface area contributed by atoms with Gasteiger partial charge in [-0.15, -0.1) is 0 Å². The zero-order valence-corrected chi connectivity index (χ0v) is 23.4. The van der Waals surface area contributed by atoms with Crippen LogP contribution in [0, 0.1) is 5.82 Å². The van der Waals surface area contributed by atoms with Gasteiger partial charge in [-0.3, -0.25) is 14.4 Å². The van der Waals surface area contributed by atoms with Gasteiger partial charge in [-0.2, -0.15) is 0 Å². The van der Waals surface area contributed by atoms with Crippen LogP contribution in [0.5, 0.6) is 5.75 Å². The molecule has 0 saturated heterocycles. The second-order valence-corrected chi connectivity index (χ2v) is 9.63. The Morgan fingerprint density at radius 1 is 0.833 bits per heavy atom. The molecule has 42 heavy (non-hydrogen) atoms. The van der Waals surface area contributed by atoms with Crippen molar-refractivity contribution in [3.63, 3.8) is 0 Å². The van der Waals surface area contributed by atoms with Crippen LogP contribution in [0.2, 0.25) is 0 Å². The molecule has 2 N–H and O–H groups in total. The molecule has 4 aromatic rings. The van der Waals surface area contributed by atoms with Gasteiger partial charge in [-0.05, 0) is 65.9 Å². The van der Waals surface area contributed by atoms with E-state index in [9.17, 15) is 23.9 Å². The molecule has 0 aromatic heterocycles. The van der Waals surface area contributed by atoms with Gasteiger partial charge in [0.2, 0.25) is 0 Å². The number of carbonyl (C=O) groups excluding carboxylic acids is 2. The summed E-state index contributed by atoms with van der Waals surface area (Å²) in [5.74, 6) is -1.37. The molecule has 0 aliphatic carbocycles. The monoisotopic (exact) mass is 568 g/mol. The van der Waals surface area contributed by atoms with Gasteiger partial charge in [0.25, 0.3) is 11.8 Å². The summed E-state index contributed by atoms with van der Waals surface area (Å²) in [6.45, 7) is 2.84. The number of amides is 2. The molecule has 4 rings (SSSR count). The molecule has 7 nitrogen and oxygen atoms in total. The third-order valence-corrected chi connectivity index (χ3v) is 6.77. The second kappa shape index (κ2) is 14.6. The number of carbonyl (C=O) groups is 3. The van der Waals surface area contributed by atoms with Crippen molar-refractivity contribution in [2.75, 3.05) is 19.7 Å². The molecule has 0 atom stereocenters. The lowest BCUT2D eigenvalue weighted by Crippen LogP contribution is -2.35. The lowest BCUT2D eigenvalue weighted by Gasteiger charge is -2.24. The van der Waals surface area contributed by atoms with Gasteiger partial charge >= 0.3 is 5.97 Å². The molecule has 0 spiro atoms.